The van der Waals surface area contributed by atoms with Gasteiger partial charge in [0, 0.05) is 23.7 Å². The SMILES string of the molecule is CC(C)(C)OC(=O)C1CC2CC1CC2OC(=O)C1CC2C(=O)C1C1C3C=CC(C3=O)C21. The second-order valence-electron chi connectivity index (χ2n) is 11.7. The van der Waals surface area contributed by atoms with Gasteiger partial charge in [-0.1, -0.05) is 12.2 Å². The standard InChI is InChI=1S/C25H30O6/c1-25(2,3)31-24(29)14-7-11-6-10(14)8-17(11)30-23(28)16-9-15-18-12-4-5-13(21(12)26)19(18)20(16)22(15)27/h4-5,10-20H,6-9H2,1-3H3. The summed E-state index contributed by atoms with van der Waals surface area (Å²) in [5.74, 6) is -0.754. The highest BCUT2D eigenvalue weighted by molar-refractivity contribution is 6.01. The maximum atomic E-state index is 13.1. The Bertz CT molecular complexity index is 911. The Morgan fingerprint density at radius 2 is 1.55 bits per heavy atom. The number of ketones is 2. The van der Waals surface area contributed by atoms with Crippen LogP contribution in [-0.4, -0.2) is 35.2 Å². The second-order valence-corrected chi connectivity index (χ2v) is 11.7. The lowest BCUT2D eigenvalue weighted by molar-refractivity contribution is -0.166. The van der Waals surface area contributed by atoms with Gasteiger partial charge in [0.2, 0.25) is 0 Å². The van der Waals surface area contributed by atoms with Crippen molar-refractivity contribution < 1.29 is 28.7 Å². The van der Waals surface area contributed by atoms with Crippen molar-refractivity contribution in [3.63, 3.8) is 0 Å². The van der Waals surface area contributed by atoms with Gasteiger partial charge in [0.15, 0.2) is 0 Å². The van der Waals surface area contributed by atoms with Crippen molar-refractivity contribution in [1.82, 2.24) is 0 Å². The molecule has 6 bridgehead atoms. The minimum absolute atomic E-state index is 0.00266. The molecule has 31 heavy (non-hydrogen) atoms. The molecule has 0 aromatic heterocycles. The van der Waals surface area contributed by atoms with Crippen LogP contribution in [0, 0.1) is 59.2 Å². The summed E-state index contributed by atoms with van der Waals surface area (Å²) in [5.41, 5.74) is -0.493. The topological polar surface area (TPSA) is 86.7 Å². The van der Waals surface area contributed by atoms with Crippen LogP contribution in [0.3, 0.4) is 0 Å². The molecule has 0 aliphatic heterocycles. The number of hydrogen-bond donors (Lipinski definition) is 0. The van der Waals surface area contributed by atoms with Gasteiger partial charge < -0.3 is 9.47 Å². The maximum Gasteiger partial charge on any atom is 0.309 e. The van der Waals surface area contributed by atoms with E-state index in [-0.39, 0.29) is 82.9 Å². The predicted molar refractivity (Wildman–Crippen MR) is 108 cm³/mol. The van der Waals surface area contributed by atoms with Crippen LogP contribution in [0.2, 0.25) is 0 Å². The number of hydrogen-bond acceptors (Lipinski definition) is 6. The predicted octanol–water partition coefficient (Wildman–Crippen LogP) is 2.74. The van der Waals surface area contributed by atoms with Crippen LogP contribution in [0.1, 0.15) is 46.5 Å². The molecule has 166 valence electrons. The number of Topliss-reactive ketones (excluding diaryl/α,β-unsaturated/α-hetero) is 2. The van der Waals surface area contributed by atoms with Gasteiger partial charge in [0.05, 0.1) is 11.8 Å². The summed E-state index contributed by atoms with van der Waals surface area (Å²) in [6.07, 6.45) is 6.61. The first-order valence-corrected chi connectivity index (χ1v) is 11.8. The normalized spacial score (nSPS) is 48.5. The van der Waals surface area contributed by atoms with Crippen LogP contribution in [0.5, 0.6) is 0 Å². The van der Waals surface area contributed by atoms with E-state index in [2.05, 4.69) is 0 Å². The van der Waals surface area contributed by atoms with Crippen LogP contribution in [-0.2, 0) is 28.7 Å². The summed E-state index contributed by atoms with van der Waals surface area (Å²) in [6, 6.07) is 0. The summed E-state index contributed by atoms with van der Waals surface area (Å²) in [4.78, 5) is 51.0. The van der Waals surface area contributed by atoms with Crippen molar-refractivity contribution >= 4 is 23.5 Å². The zero-order valence-corrected chi connectivity index (χ0v) is 18.3. The largest absolute Gasteiger partial charge is 0.462 e. The van der Waals surface area contributed by atoms with Gasteiger partial charge in [-0.15, -0.1) is 0 Å². The molecule has 5 fully saturated rings. The van der Waals surface area contributed by atoms with E-state index in [4.69, 9.17) is 9.47 Å². The number of carbonyl (C=O) groups is 4. The van der Waals surface area contributed by atoms with Gasteiger partial charge in [-0.3, -0.25) is 19.2 Å². The molecule has 6 rings (SSSR count). The summed E-state index contributed by atoms with van der Waals surface area (Å²) >= 11 is 0. The fraction of sp³-hybridized carbons (Fsp3) is 0.760. The third-order valence-electron chi connectivity index (χ3n) is 9.04. The summed E-state index contributed by atoms with van der Waals surface area (Å²) < 4.78 is 11.5. The molecule has 6 aliphatic rings. The molecule has 6 aliphatic carbocycles. The highest BCUT2D eigenvalue weighted by Crippen LogP contribution is 2.64. The molecule has 6 heteroatoms. The molecule has 11 atom stereocenters. The van der Waals surface area contributed by atoms with Crippen molar-refractivity contribution in [1.29, 1.82) is 0 Å². The van der Waals surface area contributed by atoms with Crippen molar-refractivity contribution in [2.75, 3.05) is 0 Å². The van der Waals surface area contributed by atoms with Crippen LogP contribution in [0.15, 0.2) is 12.2 Å². The average molecular weight is 427 g/mol. The van der Waals surface area contributed by atoms with Gasteiger partial charge in [0.1, 0.15) is 23.3 Å². The van der Waals surface area contributed by atoms with Gasteiger partial charge in [-0.25, -0.2) is 0 Å². The van der Waals surface area contributed by atoms with E-state index in [9.17, 15) is 19.2 Å². The summed E-state index contributed by atoms with van der Waals surface area (Å²) in [7, 11) is 0. The van der Waals surface area contributed by atoms with Crippen molar-refractivity contribution in [2.24, 2.45) is 59.2 Å². The highest BCUT2D eigenvalue weighted by atomic mass is 16.6. The lowest BCUT2D eigenvalue weighted by atomic mass is 9.69. The quantitative estimate of drug-likeness (QED) is 0.392. The van der Waals surface area contributed by atoms with Crippen molar-refractivity contribution in [2.45, 2.75) is 58.2 Å². The minimum atomic E-state index is -0.493. The molecule has 11 unspecified atom stereocenters. The molecular formula is C25H30O6. The molecule has 5 saturated carbocycles. The number of ether oxygens (including phenoxy) is 2. The van der Waals surface area contributed by atoms with Crippen LogP contribution < -0.4 is 0 Å². The molecule has 6 nitrogen and oxygen atoms in total. The van der Waals surface area contributed by atoms with Crippen molar-refractivity contribution in [3.8, 4) is 0 Å². The molecule has 0 spiro atoms. The molecule has 0 N–H and O–H groups in total. The molecule has 0 heterocycles. The monoisotopic (exact) mass is 426 g/mol. The van der Waals surface area contributed by atoms with E-state index >= 15 is 0 Å². The zero-order chi connectivity index (χ0) is 21.8. The van der Waals surface area contributed by atoms with Gasteiger partial charge in [-0.05, 0) is 70.1 Å². The van der Waals surface area contributed by atoms with Crippen molar-refractivity contribution in [3.05, 3.63) is 12.2 Å². The first-order chi connectivity index (χ1) is 14.6. The second kappa shape index (κ2) is 6.29. The third-order valence-corrected chi connectivity index (χ3v) is 9.04. The van der Waals surface area contributed by atoms with E-state index in [1.165, 1.54) is 0 Å². The molecular weight excluding hydrogens is 396 g/mol. The van der Waals surface area contributed by atoms with E-state index in [1.54, 1.807) is 0 Å². The Morgan fingerprint density at radius 1 is 0.839 bits per heavy atom. The molecule has 0 aromatic rings. The minimum Gasteiger partial charge on any atom is -0.462 e. The van der Waals surface area contributed by atoms with Crippen LogP contribution in [0.25, 0.3) is 0 Å². The average Bonchev–Trinajstić information content (AvgIpc) is 3.50. The number of allylic oxidation sites excluding steroid dienone is 2. The number of fused-ring (bicyclic) bond motifs is 11. The summed E-state index contributed by atoms with van der Waals surface area (Å²) in [5, 5.41) is 0. The van der Waals surface area contributed by atoms with Gasteiger partial charge >= 0.3 is 11.9 Å². The number of esters is 2. The Hall–Kier alpha value is -1.98. The van der Waals surface area contributed by atoms with E-state index in [1.807, 2.05) is 32.9 Å². The zero-order valence-electron chi connectivity index (χ0n) is 18.3. The fourth-order valence-electron chi connectivity index (χ4n) is 8.05. The van der Waals surface area contributed by atoms with Gasteiger partial charge in [-0.2, -0.15) is 0 Å². The smallest absolute Gasteiger partial charge is 0.309 e. The maximum absolute atomic E-state index is 13.1. The molecule has 0 radical (unpaired) electrons. The molecule has 0 saturated heterocycles. The fourth-order valence-corrected chi connectivity index (χ4v) is 8.05. The van der Waals surface area contributed by atoms with Crippen LogP contribution in [0.4, 0.5) is 0 Å². The Morgan fingerprint density at radius 3 is 2.19 bits per heavy atom. The highest BCUT2D eigenvalue weighted by Gasteiger charge is 2.70. The van der Waals surface area contributed by atoms with Gasteiger partial charge in [0.25, 0.3) is 0 Å². The third kappa shape index (κ3) is 2.69. The Kier molecular flexibility index (Phi) is 4.00. The number of rotatable bonds is 3. The summed E-state index contributed by atoms with van der Waals surface area (Å²) in [6.45, 7) is 5.64. The first-order valence-electron chi connectivity index (χ1n) is 11.8. The molecule has 0 aromatic carbocycles. The first kappa shape index (κ1) is 19.7. The number of carbonyl (C=O) groups excluding carboxylic acids is 4. The lowest BCUT2D eigenvalue weighted by Gasteiger charge is -2.34. The van der Waals surface area contributed by atoms with E-state index in [0.717, 1.165) is 6.42 Å². The molecule has 0 amide bonds. The Balaban J connectivity index is 1.11. The van der Waals surface area contributed by atoms with E-state index < -0.39 is 11.5 Å². The Labute approximate surface area is 182 Å². The van der Waals surface area contributed by atoms with Crippen LogP contribution >= 0.6 is 0 Å². The lowest BCUT2D eigenvalue weighted by Crippen LogP contribution is -2.39. The van der Waals surface area contributed by atoms with E-state index in [0.29, 0.717) is 19.3 Å².